The average Bonchev–Trinajstić information content (AvgIpc) is 3.20. The molecular formula is C25H29N2O4S+. The van der Waals surface area contributed by atoms with E-state index in [4.69, 9.17) is 4.74 Å². The number of aromatic nitrogens is 1. The summed E-state index contributed by atoms with van der Waals surface area (Å²) in [6, 6.07) is 18.0. The van der Waals surface area contributed by atoms with Crippen molar-refractivity contribution < 1.29 is 22.8 Å². The molecule has 2 aromatic carbocycles. The maximum absolute atomic E-state index is 13.8. The van der Waals surface area contributed by atoms with Crippen molar-refractivity contribution in [3.63, 3.8) is 0 Å². The van der Waals surface area contributed by atoms with Gasteiger partial charge in [-0.25, -0.2) is 17.2 Å². The van der Waals surface area contributed by atoms with Crippen LogP contribution < -0.4 is 4.90 Å². The monoisotopic (exact) mass is 453 g/mol. The van der Waals surface area contributed by atoms with Gasteiger partial charge in [-0.2, -0.15) is 0 Å². The molecule has 32 heavy (non-hydrogen) atoms. The fourth-order valence-electron chi connectivity index (χ4n) is 4.75. The number of rotatable bonds is 5. The van der Waals surface area contributed by atoms with Crippen LogP contribution in [0.15, 0.2) is 77.2 Å². The fraction of sp³-hybridized carbons (Fsp3) is 0.320. The maximum atomic E-state index is 13.8. The molecule has 168 valence electrons. The predicted molar refractivity (Wildman–Crippen MR) is 124 cm³/mol. The van der Waals surface area contributed by atoms with E-state index in [-0.39, 0.29) is 22.8 Å². The Hall–Kier alpha value is -2.90. The Morgan fingerprint density at radius 3 is 2.53 bits per heavy atom. The van der Waals surface area contributed by atoms with Crippen molar-refractivity contribution in [1.82, 2.24) is 3.97 Å². The minimum atomic E-state index is -3.80. The summed E-state index contributed by atoms with van der Waals surface area (Å²) in [5, 5.41) is 0.880. The summed E-state index contributed by atoms with van der Waals surface area (Å²) in [7, 11) is -0.324. The van der Waals surface area contributed by atoms with Crippen molar-refractivity contribution in [3.8, 4) is 0 Å². The first-order valence-corrected chi connectivity index (χ1v) is 12.3. The highest BCUT2D eigenvalue weighted by Gasteiger charge is 2.37. The van der Waals surface area contributed by atoms with Crippen LogP contribution >= 0.6 is 0 Å². The summed E-state index contributed by atoms with van der Waals surface area (Å²) in [5.74, 6) is -0.108. The molecule has 3 atom stereocenters. The van der Waals surface area contributed by atoms with Crippen molar-refractivity contribution >= 4 is 26.9 Å². The lowest BCUT2D eigenvalue weighted by Crippen LogP contribution is -3.11. The Morgan fingerprint density at radius 1 is 1.16 bits per heavy atom. The van der Waals surface area contributed by atoms with E-state index in [1.54, 1.807) is 30.3 Å². The number of nitrogens with one attached hydrogen (secondary N) is 1. The van der Waals surface area contributed by atoms with Gasteiger partial charge in [-0.15, -0.1) is 0 Å². The van der Waals surface area contributed by atoms with Crippen LogP contribution in [0.25, 0.3) is 10.9 Å². The highest BCUT2D eigenvalue weighted by molar-refractivity contribution is 7.90. The first kappa shape index (κ1) is 22.3. The number of esters is 1. The average molecular weight is 454 g/mol. The minimum Gasteiger partial charge on any atom is -0.466 e. The third kappa shape index (κ3) is 3.98. The van der Waals surface area contributed by atoms with Crippen LogP contribution in [0.2, 0.25) is 0 Å². The van der Waals surface area contributed by atoms with Crippen molar-refractivity contribution in [1.29, 1.82) is 0 Å². The van der Waals surface area contributed by atoms with Crippen LogP contribution in [-0.2, 0) is 19.6 Å². The Bertz CT molecular complexity index is 1260. The van der Waals surface area contributed by atoms with Gasteiger partial charge in [0.25, 0.3) is 10.0 Å². The smallest absolute Gasteiger partial charge is 0.330 e. The molecular weight excluding hydrogens is 424 g/mol. The lowest BCUT2D eigenvalue weighted by molar-refractivity contribution is -0.919. The zero-order valence-electron chi connectivity index (χ0n) is 18.6. The van der Waals surface area contributed by atoms with Gasteiger partial charge in [-0.1, -0.05) is 43.3 Å². The van der Waals surface area contributed by atoms with Gasteiger partial charge in [0.2, 0.25) is 0 Å². The van der Waals surface area contributed by atoms with Gasteiger partial charge in [-0.3, -0.25) is 0 Å². The summed E-state index contributed by atoms with van der Waals surface area (Å²) in [4.78, 5) is 13.5. The van der Waals surface area contributed by atoms with E-state index in [1.165, 1.54) is 16.0 Å². The lowest BCUT2D eigenvalue weighted by Gasteiger charge is -2.36. The van der Waals surface area contributed by atoms with Crippen molar-refractivity contribution in [3.05, 3.63) is 78.0 Å². The number of quaternary nitrogens is 1. The van der Waals surface area contributed by atoms with E-state index in [0.717, 1.165) is 29.6 Å². The van der Waals surface area contributed by atoms with E-state index in [9.17, 15) is 13.2 Å². The van der Waals surface area contributed by atoms with Gasteiger partial charge in [-0.05, 0) is 36.3 Å². The number of piperidine rings is 1. The molecule has 2 heterocycles. The third-order valence-electron chi connectivity index (χ3n) is 6.46. The molecule has 0 bridgehead atoms. The van der Waals surface area contributed by atoms with Gasteiger partial charge in [0.05, 0.1) is 36.8 Å². The largest absolute Gasteiger partial charge is 0.466 e. The van der Waals surface area contributed by atoms with Crippen LogP contribution in [0.5, 0.6) is 0 Å². The Labute approximate surface area is 189 Å². The third-order valence-corrected chi connectivity index (χ3v) is 8.21. The van der Waals surface area contributed by atoms with Gasteiger partial charge in [0.15, 0.2) is 0 Å². The van der Waals surface area contributed by atoms with Gasteiger partial charge >= 0.3 is 5.97 Å². The van der Waals surface area contributed by atoms with Crippen LogP contribution in [0.3, 0.4) is 0 Å². The van der Waals surface area contributed by atoms with Crippen LogP contribution in [0.1, 0.15) is 31.5 Å². The second-order valence-electron chi connectivity index (χ2n) is 8.37. The molecule has 0 amide bonds. The molecule has 1 aromatic heterocycles. The number of benzene rings is 2. The molecule has 1 aliphatic heterocycles. The number of nitrogens with zero attached hydrogens (tertiary/aromatic N) is 1. The number of hydrogen-bond donors (Lipinski definition) is 1. The molecule has 0 aliphatic carbocycles. The summed E-state index contributed by atoms with van der Waals surface area (Å²) in [5.41, 5.74) is 2.41. The zero-order valence-corrected chi connectivity index (χ0v) is 19.4. The number of para-hydroxylation sites is 1. The van der Waals surface area contributed by atoms with E-state index in [1.807, 2.05) is 36.4 Å². The van der Waals surface area contributed by atoms with Crippen LogP contribution in [0, 0.1) is 5.92 Å². The molecule has 3 aromatic rings. The predicted octanol–water partition coefficient (Wildman–Crippen LogP) is 2.96. The van der Waals surface area contributed by atoms with Gasteiger partial charge < -0.3 is 9.64 Å². The van der Waals surface area contributed by atoms with E-state index < -0.39 is 10.0 Å². The topological polar surface area (TPSA) is 69.8 Å². The summed E-state index contributed by atoms with van der Waals surface area (Å²) in [6.07, 6.45) is 3.10. The molecule has 1 N–H and O–H groups in total. The summed E-state index contributed by atoms with van der Waals surface area (Å²) < 4.78 is 33.9. The quantitative estimate of drug-likeness (QED) is 0.476. The molecule has 1 aliphatic rings. The Morgan fingerprint density at radius 2 is 1.84 bits per heavy atom. The number of carbonyl (C=O) groups is 1. The van der Waals surface area contributed by atoms with E-state index in [0.29, 0.717) is 11.9 Å². The van der Waals surface area contributed by atoms with E-state index in [2.05, 4.69) is 14.0 Å². The number of hydrogen-bond acceptors (Lipinski definition) is 4. The van der Waals surface area contributed by atoms with Crippen LogP contribution in [-0.4, -0.2) is 39.1 Å². The molecule has 1 unspecified atom stereocenters. The first-order chi connectivity index (χ1) is 15.4. The molecule has 1 saturated heterocycles. The Kier molecular flexibility index (Phi) is 6.22. The second kappa shape index (κ2) is 8.92. The minimum absolute atomic E-state index is 0.111. The normalized spacial score (nSPS) is 22.8. The summed E-state index contributed by atoms with van der Waals surface area (Å²) >= 11 is 0. The highest BCUT2D eigenvalue weighted by Crippen LogP contribution is 2.34. The fourth-order valence-corrected chi connectivity index (χ4v) is 6.34. The summed E-state index contributed by atoms with van der Waals surface area (Å²) in [6.45, 7) is 2.93. The van der Waals surface area contributed by atoms with Crippen molar-refractivity contribution in [2.45, 2.75) is 30.7 Å². The highest BCUT2D eigenvalue weighted by atomic mass is 32.2. The molecule has 4 rings (SSSR count). The maximum Gasteiger partial charge on any atom is 0.330 e. The van der Waals surface area contributed by atoms with Crippen LogP contribution in [0.4, 0.5) is 0 Å². The molecule has 1 fully saturated rings. The first-order valence-electron chi connectivity index (χ1n) is 10.9. The standard InChI is InChI=1S/C25H28N2O4S/c1-4-18-17-26(2)23(15-20(18)16-25(28)31-3)24-14-19-10-8-9-13-22(19)27(24)32(29,30)21-11-6-5-7-12-21/h5-14,16,18,23H,4,15,17H2,1-3H3/p+1/b20-16+/t18-,23-/m0/s1. The molecule has 0 saturated carbocycles. The molecule has 0 spiro atoms. The number of fused-ring (bicyclic) bond motifs is 1. The van der Waals surface area contributed by atoms with Crippen molar-refractivity contribution in [2.24, 2.45) is 5.92 Å². The molecule has 6 nitrogen and oxygen atoms in total. The second-order valence-corrected chi connectivity index (χ2v) is 10.2. The number of likely N-dealkylation sites (tertiary alicyclic amines) is 1. The lowest BCUT2D eigenvalue weighted by atomic mass is 9.84. The zero-order chi connectivity index (χ0) is 22.9. The van der Waals surface area contributed by atoms with Gasteiger partial charge in [0.1, 0.15) is 6.04 Å². The number of ether oxygens (including phenoxy) is 1. The Balaban J connectivity index is 1.89. The number of methoxy groups -OCH3 is 1. The van der Waals surface area contributed by atoms with Gasteiger partial charge in [0, 0.05) is 23.8 Å². The molecule has 0 radical (unpaired) electrons. The SMILES string of the molecule is CC[C@H]1C[NH+](C)[C@H](c2cc3ccccc3n2S(=O)(=O)c2ccccc2)C/C1=C\C(=O)OC. The molecule has 7 heteroatoms. The van der Waals surface area contributed by atoms with Crippen molar-refractivity contribution in [2.75, 3.05) is 20.7 Å². The van der Waals surface area contributed by atoms with E-state index >= 15 is 0 Å². The number of carbonyl (C=O) groups excluding carboxylic acids is 1.